The van der Waals surface area contributed by atoms with Crippen molar-refractivity contribution in [3.05, 3.63) is 64.2 Å². The van der Waals surface area contributed by atoms with Crippen LogP contribution in [-0.2, 0) is 39.5 Å². The van der Waals surface area contributed by atoms with Crippen molar-refractivity contribution in [2.75, 3.05) is 24.6 Å². The summed E-state index contributed by atoms with van der Waals surface area (Å²) >= 11 is 1.00. The van der Waals surface area contributed by atoms with E-state index in [-0.39, 0.29) is 23.2 Å². The van der Waals surface area contributed by atoms with Gasteiger partial charge in [-0.1, -0.05) is 24.3 Å². The lowest BCUT2D eigenvalue weighted by atomic mass is 9.99. The molecular formula is C24H25F3N4O4S3. The third-order valence-corrected chi connectivity index (χ3v) is 9.39. The molecule has 0 spiro atoms. The molecule has 2 heterocycles. The number of carbonyl (C=O) groups excluding carboxylic acids is 2. The Bertz CT molecular complexity index is 1400. The van der Waals surface area contributed by atoms with Crippen LogP contribution >= 0.6 is 11.3 Å². The fraction of sp³-hybridized carbons (Fsp3) is 0.375. The summed E-state index contributed by atoms with van der Waals surface area (Å²) in [5.74, 6) is -1.81. The molecule has 3 N–H and O–H groups in total. The smallest absolute Gasteiger partial charge is 0.354 e. The molecule has 0 aliphatic carbocycles. The van der Waals surface area contributed by atoms with E-state index in [1.54, 1.807) is 23.1 Å². The lowest BCUT2D eigenvalue weighted by Gasteiger charge is -2.29. The first-order chi connectivity index (χ1) is 18.0. The molecule has 1 aliphatic rings. The largest absolute Gasteiger partial charge is 0.390 e. The van der Waals surface area contributed by atoms with Gasteiger partial charge in [-0.15, -0.1) is 11.3 Å². The van der Waals surface area contributed by atoms with Crippen molar-refractivity contribution in [3.8, 4) is 0 Å². The fourth-order valence-corrected chi connectivity index (χ4v) is 7.11. The second kappa shape index (κ2) is 12.0. The van der Waals surface area contributed by atoms with Gasteiger partial charge in [-0.2, -0.15) is 13.2 Å². The zero-order valence-electron chi connectivity index (χ0n) is 20.0. The molecule has 14 heteroatoms. The van der Waals surface area contributed by atoms with Crippen LogP contribution in [0.2, 0.25) is 0 Å². The molecule has 4 rings (SSSR count). The Morgan fingerprint density at radius 3 is 2.58 bits per heavy atom. The van der Waals surface area contributed by atoms with E-state index < -0.39 is 51.3 Å². The number of benzene rings is 2. The van der Waals surface area contributed by atoms with Crippen LogP contribution in [0, 0.1) is 0 Å². The highest BCUT2D eigenvalue weighted by molar-refractivity contribution is 7.86. The van der Waals surface area contributed by atoms with Crippen molar-refractivity contribution in [3.63, 3.8) is 0 Å². The first kappa shape index (κ1) is 28.3. The molecular weight excluding hydrogens is 561 g/mol. The van der Waals surface area contributed by atoms with Gasteiger partial charge in [-0.25, -0.2) is 9.19 Å². The molecule has 0 bridgehead atoms. The van der Waals surface area contributed by atoms with Gasteiger partial charge < -0.3 is 10.2 Å². The lowest BCUT2D eigenvalue weighted by molar-refractivity contribution is -0.130. The van der Waals surface area contributed by atoms with Crippen LogP contribution in [0.4, 0.5) is 13.2 Å². The van der Waals surface area contributed by atoms with Gasteiger partial charge >= 0.3 is 6.18 Å². The molecule has 1 aromatic heterocycles. The molecule has 1 aliphatic heterocycles. The molecule has 2 aromatic carbocycles. The zero-order chi connectivity index (χ0) is 27.4. The number of nitrogens with one attached hydrogen (secondary N) is 1. The molecule has 3 aromatic rings. The summed E-state index contributed by atoms with van der Waals surface area (Å²) in [6.45, 7) is 0.947. The Balaban J connectivity index is 1.57. The van der Waals surface area contributed by atoms with Gasteiger partial charge in [0.15, 0.2) is 5.25 Å². The normalized spacial score (nSPS) is 16.1. The number of rotatable bonds is 9. The molecule has 0 saturated carbocycles. The number of nitrogens with two attached hydrogens (primary N) is 1. The summed E-state index contributed by atoms with van der Waals surface area (Å²) in [7, 11) is -3.92. The van der Waals surface area contributed by atoms with E-state index in [9.17, 15) is 31.2 Å². The topological polar surface area (TPSA) is 122 Å². The summed E-state index contributed by atoms with van der Waals surface area (Å²) in [6.07, 6.45) is -5.11. The van der Waals surface area contributed by atoms with Gasteiger partial charge in [-0.3, -0.25) is 18.9 Å². The summed E-state index contributed by atoms with van der Waals surface area (Å²) in [4.78, 5) is 32.2. The van der Waals surface area contributed by atoms with E-state index in [2.05, 4.69) is 10.3 Å². The lowest BCUT2D eigenvalue weighted by Crippen LogP contribution is -2.35. The summed E-state index contributed by atoms with van der Waals surface area (Å²) < 4.78 is 62.8. The van der Waals surface area contributed by atoms with Crippen LogP contribution in [0.15, 0.2) is 42.5 Å². The summed E-state index contributed by atoms with van der Waals surface area (Å²) in [5.41, 5.74) is 3.14. The van der Waals surface area contributed by atoms with Crippen LogP contribution < -0.4 is 10.5 Å². The van der Waals surface area contributed by atoms with Crippen LogP contribution in [-0.4, -0.2) is 60.9 Å². The number of carbonyl (C=O) groups is 2. The van der Waals surface area contributed by atoms with Crippen LogP contribution in [0.1, 0.15) is 38.2 Å². The standard InChI is InChI=1S/C24H25F3N4O4S3/c25-24(26,27)8-11-37(34)20(21(32)29-9-12-38(28)35)22-30-18-6-5-16(13-19(18)36-22)23(33)31-10-7-15-3-1-2-4-17(15)14-31/h1-6,13,20H,7-12,14,28H2,(H,29,32). The number of nitrogens with zero attached hydrogens (tertiary/aromatic N) is 2. The third-order valence-electron chi connectivity index (χ3n) is 5.98. The molecule has 8 nitrogen and oxygen atoms in total. The number of alkyl halides is 3. The van der Waals surface area contributed by atoms with Crippen molar-refractivity contribution >= 4 is 55.2 Å². The van der Waals surface area contributed by atoms with E-state index in [1.165, 1.54) is 5.56 Å². The Morgan fingerprint density at radius 2 is 1.87 bits per heavy atom. The van der Waals surface area contributed by atoms with Crippen molar-refractivity contribution in [2.24, 2.45) is 5.14 Å². The predicted octanol–water partition coefficient (Wildman–Crippen LogP) is 2.98. The fourth-order valence-electron chi connectivity index (χ4n) is 4.08. The van der Waals surface area contributed by atoms with Crippen molar-refractivity contribution in [2.45, 2.75) is 30.8 Å². The highest BCUT2D eigenvalue weighted by Gasteiger charge is 2.34. The van der Waals surface area contributed by atoms with Gasteiger partial charge in [0.05, 0.1) is 33.4 Å². The molecule has 2 amide bonds. The number of hydrogen-bond donors (Lipinski definition) is 2. The zero-order valence-corrected chi connectivity index (χ0v) is 22.5. The second-order valence-electron chi connectivity index (χ2n) is 8.69. The summed E-state index contributed by atoms with van der Waals surface area (Å²) in [5, 5.41) is 6.23. The van der Waals surface area contributed by atoms with E-state index in [0.29, 0.717) is 28.9 Å². The van der Waals surface area contributed by atoms with Crippen molar-refractivity contribution in [1.82, 2.24) is 15.2 Å². The molecule has 0 fully saturated rings. The average Bonchev–Trinajstić information content (AvgIpc) is 3.28. The van der Waals surface area contributed by atoms with Crippen molar-refractivity contribution < 1.29 is 31.2 Å². The predicted molar refractivity (Wildman–Crippen MR) is 141 cm³/mol. The first-order valence-electron chi connectivity index (χ1n) is 11.6. The Labute approximate surface area is 225 Å². The Morgan fingerprint density at radius 1 is 1.13 bits per heavy atom. The van der Waals surface area contributed by atoms with Gasteiger partial charge in [0, 0.05) is 41.8 Å². The van der Waals surface area contributed by atoms with E-state index >= 15 is 0 Å². The van der Waals surface area contributed by atoms with Gasteiger partial charge in [0.25, 0.3) is 5.91 Å². The maximum absolute atomic E-state index is 13.2. The number of fused-ring (bicyclic) bond motifs is 2. The minimum absolute atomic E-state index is 0.0695. The van der Waals surface area contributed by atoms with Crippen LogP contribution in [0.25, 0.3) is 10.2 Å². The number of amides is 2. The number of thiazole rings is 1. The van der Waals surface area contributed by atoms with Crippen LogP contribution in [0.5, 0.6) is 0 Å². The SMILES string of the molecule is NS(=O)CCNC(=O)C(c1nc2ccc(C(=O)N3CCc4ccccc4C3)cc2s1)S(=O)CCC(F)(F)F. The molecule has 38 heavy (non-hydrogen) atoms. The number of hydrogen-bond acceptors (Lipinski definition) is 6. The monoisotopic (exact) mass is 586 g/mol. The van der Waals surface area contributed by atoms with Gasteiger partial charge in [0.2, 0.25) is 5.91 Å². The third kappa shape index (κ3) is 7.04. The maximum atomic E-state index is 13.2. The van der Waals surface area contributed by atoms with E-state index in [0.717, 1.165) is 23.3 Å². The quantitative estimate of drug-likeness (QED) is 0.399. The first-order valence-corrected chi connectivity index (χ1v) is 15.2. The van der Waals surface area contributed by atoms with E-state index in [4.69, 9.17) is 5.14 Å². The number of halogens is 3. The molecule has 3 atom stereocenters. The second-order valence-corrected chi connectivity index (χ2v) is 12.6. The van der Waals surface area contributed by atoms with Gasteiger partial charge in [-0.05, 0) is 35.7 Å². The van der Waals surface area contributed by atoms with Crippen molar-refractivity contribution in [1.29, 1.82) is 0 Å². The summed E-state index contributed by atoms with van der Waals surface area (Å²) in [6, 6.07) is 12.8. The molecule has 204 valence electrons. The number of aromatic nitrogens is 1. The molecule has 0 saturated heterocycles. The minimum Gasteiger partial charge on any atom is -0.354 e. The van der Waals surface area contributed by atoms with Crippen LogP contribution in [0.3, 0.4) is 0 Å². The molecule has 3 unspecified atom stereocenters. The Hall–Kier alpha value is -2.68. The highest BCUT2D eigenvalue weighted by atomic mass is 32.2. The van der Waals surface area contributed by atoms with Gasteiger partial charge in [0.1, 0.15) is 5.01 Å². The Kier molecular flexibility index (Phi) is 8.96. The van der Waals surface area contributed by atoms with E-state index in [1.807, 2.05) is 24.3 Å². The minimum atomic E-state index is -4.54. The highest BCUT2D eigenvalue weighted by Crippen LogP contribution is 2.32. The average molecular weight is 587 g/mol. The molecule has 0 radical (unpaired) electrons. The maximum Gasteiger partial charge on any atom is 0.390 e.